The highest BCUT2D eigenvalue weighted by Crippen LogP contribution is 2.09. The largest absolute Gasteiger partial charge is 0.492 e. The van der Waals surface area contributed by atoms with Crippen LogP contribution >= 0.6 is 0 Å². The summed E-state index contributed by atoms with van der Waals surface area (Å²) in [4.78, 5) is 16.9. The van der Waals surface area contributed by atoms with Crippen LogP contribution in [0.2, 0.25) is 0 Å². The summed E-state index contributed by atoms with van der Waals surface area (Å²) in [5.41, 5.74) is 0.429. The Balaban J connectivity index is 2.78. The zero-order valence-electron chi connectivity index (χ0n) is 8.65. The molecule has 4 nitrogen and oxygen atoms in total. The van der Waals surface area contributed by atoms with Crippen molar-refractivity contribution in [3.05, 3.63) is 24.0 Å². The average molecular weight is 194 g/mol. The molecule has 0 fully saturated rings. The summed E-state index contributed by atoms with van der Waals surface area (Å²) in [7, 11) is 3.39. The van der Waals surface area contributed by atoms with Gasteiger partial charge in [-0.3, -0.25) is 4.79 Å². The van der Waals surface area contributed by atoms with Crippen molar-refractivity contribution in [3.8, 4) is 5.75 Å². The molecular weight excluding hydrogens is 180 g/mol. The van der Waals surface area contributed by atoms with E-state index in [0.29, 0.717) is 18.1 Å². The van der Waals surface area contributed by atoms with Crippen LogP contribution in [0, 0.1) is 0 Å². The van der Waals surface area contributed by atoms with Crippen molar-refractivity contribution < 1.29 is 9.53 Å². The number of pyridine rings is 1. The molecule has 0 aliphatic heterocycles. The van der Waals surface area contributed by atoms with E-state index < -0.39 is 0 Å². The van der Waals surface area contributed by atoms with E-state index >= 15 is 0 Å². The predicted molar refractivity (Wildman–Crippen MR) is 53.4 cm³/mol. The maximum absolute atomic E-state index is 11.4. The van der Waals surface area contributed by atoms with Gasteiger partial charge in [0.1, 0.15) is 11.4 Å². The topological polar surface area (TPSA) is 42.4 Å². The van der Waals surface area contributed by atoms with Gasteiger partial charge in [-0.05, 0) is 19.1 Å². The summed E-state index contributed by atoms with van der Waals surface area (Å²) in [6, 6.07) is 3.40. The first-order valence-electron chi connectivity index (χ1n) is 4.45. The zero-order valence-corrected chi connectivity index (χ0v) is 8.65. The predicted octanol–water partition coefficient (Wildman–Crippen LogP) is 1.18. The molecule has 1 rings (SSSR count). The average Bonchev–Trinajstić information content (AvgIpc) is 2.18. The first kappa shape index (κ1) is 10.5. The van der Waals surface area contributed by atoms with Crippen LogP contribution in [0.3, 0.4) is 0 Å². The molecule has 1 heterocycles. The molecule has 0 bridgehead atoms. The van der Waals surface area contributed by atoms with Gasteiger partial charge in [0, 0.05) is 14.1 Å². The molecule has 1 aromatic rings. The van der Waals surface area contributed by atoms with Crippen LogP contribution in [-0.4, -0.2) is 36.5 Å². The Kier molecular flexibility index (Phi) is 3.45. The Bertz CT molecular complexity index is 306. The van der Waals surface area contributed by atoms with E-state index in [1.807, 2.05) is 6.92 Å². The molecule has 0 aliphatic rings. The van der Waals surface area contributed by atoms with Crippen LogP contribution < -0.4 is 4.74 Å². The molecule has 0 atom stereocenters. The summed E-state index contributed by atoms with van der Waals surface area (Å²) < 4.78 is 5.21. The van der Waals surface area contributed by atoms with Gasteiger partial charge in [-0.2, -0.15) is 0 Å². The highest BCUT2D eigenvalue weighted by atomic mass is 16.5. The molecule has 0 saturated heterocycles. The molecule has 0 spiro atoms. The van der Waals surface area contributed by atoms with Gasteiger partial charge >= 0.3 is 0 Å². The van der Waals surface area contributed by atoms with Crippen molar-refractivity contribution in [2.75, 3.05) is 20.7 Å². The van der Waals surface area contributed by atoms with Crippen LogP contribution in [0.1, 0.15) is 17.4 Å². The second-order valence-electron chi connectivity index (χ2n) is 3.01. The molecule has 0 aromatic carbocycles. The Morgan fingerprint density at radius 1 is 1.50 bits per heavy atom. The smallest absolute Gasteiger partial charge is 0.271 e. The van der Waals surface area contributed by atoms with E-state index in [4.69, 9.17) is 4.74 Å². The second-order valence-corrected chi connectivity index (χ2v) is 3.01. The summed E-state index contributed by atoms with van der Waals surface area (Å²) in [6.45, 7) is 2.50. The number of carbonyl (C=O) groups is 1. The number of nitrogens with zero attached hydrogens (tertiary/aromatic N) is 2. The van der Waals surface area contributed by atoms with Crippen LogP contribution in [0.4, 0.5) is 0 Å². The minimum Gasteiger partial charge on any atom is -0.492 e. The third-order valence-electron chi connectivity index (χ3n) is 1.67. The fraction of sp³-hybridized carbons (Fsp3) is 0.400. The molecular formula is C10H14N2O2. The van der Waals surface area contributed by atoms with E-state index in [1.165, 1.54) is 4.90 Å². The van der Waals surface area contributed by atoms with E-state index in [2.05, 4.69) is 4.98 Å². The van der Waals surface area contributed by atoms with Gasteiger partial charge in [0.05, 0.1) is 12.8 Å². The van der Waals surface area contributed by atoms with Crippen LogP contribution in [0.25, 0.3) is 0 Å². The highest BCUT2D eigenvalue weighted by Gasteiger charge is 2.08. The monoisotopic (exact) mass is 194 g/mol. The van der Waals surface area contributed by atoms with Crippen LogP contribution in [-0.2, 0) is 0 Å². The maximum atomic E-state index is 11.4. The standard InChI is InChI=1S/C10H14N2O2/c1-4-14-8-5-6-9(11-7-8)10(13)12(2)3/h5-7H,4H2,1-3H3. The first-order valence-corrected chi connectivity index (χ1v) is 4.45. The number of hydrogen-bond donors (Lipinski definition) is 0. The Hall–Kier alpha value is -1.58. The quantitative estimate of drug-likeness (QED) is 0.725. The molecule has 0 unspecified atom stereocenters. The Morgan fingerprint density at radius 2 is 2.21 bits per heavy atom. The normalized spacial score (nSPS) is 9.64. The number of rotatable bonds is 3. The van der Waals surface area contributed by atoms with Gasteiger partial charge in [-0.1, -0.05) is 0 Å². The second kappa shape index (κ2) is 4.60. The number of aromatic nitrogens is 1. The van der Waals surface area contributed by atoms with Crippen molar-refractivity contribution in [3.63, 3.8) is 0 Å². The summed E-state index contributed by atoms with van der Waals surface area (Å²) in [5, 5.41) is 0. The lowest BCUT2D eigenvalue weighted by molar-refractivity contribution is 0.0822. The van der Waals surface area contributed by atoms with E-state index in [-0.39, 0.29) is 5.91 Å². The van der Waals surface area contributed by atoms with Gasteiger partial charge in [-0.15, -0.1) is 0 Å². The first-order chi connectivity index (χ1) is 6.65. The van der Waals surface area contributed by atoms with Crippen LogP contribution in [0.15, 0.2) is 18.3 Å². The van der Waals surface area contributed by atoms with Crippen molar-refractivity contribution in [1.82, 2.24) is 9.88 Å². The molecule has 0 N–H and O–H groups in total. The van der Waals surface area contributed by atoms with E-state index in [0.717, 1.165) is 0 Å². The number of amides is 1. The van der Waals surface area contributed by atoms with E-state index in [1.54, 1.807) is 32.4 Å². The SMILES string of the molecule is CCOc1ccc(C(=O)N(C)C)nc1. The lowest BCUT2D eigenvalue weighted by Gasteiger charge is -2.09. The summed E-state index contributed by atoms with van der Waals surface area (Å²) in [5.74, 6) is 0.579. The van der Waals surface area contributed by atoms with Gasteiger partial charge < -0.3 is 9.64 Å². The highest BCUT2D eigenvalue weighted by molar-refractivity contribution is 5.91. The minimum atomic E-state index is -0.104. The Labute approximate surface area is 83.5 Å². The molecule has 1 aromatic heterocycles. The van der Waals surface area contributed by atoms with Crippen LogP contribution in [0.5, 0.6) is 5.75 Å². The molecule has 0 aliphatic carbocycles. The lowest BCUT2D eigenvalue weighted by Crippen LogP contribution is -2.22. The Morgan fingerprint density at radius 3 is 2.64 bits per heavy atom. The van der Waals surface area contributed by atoms with Crippen molar-refractivity contribution in [2.24, 2.45) is 0 Å². The molecule has 0 radical (unpaired) electrons. The maximum Gasteiger partial charge on any atom is 0.271 e. The lowest BCUT2D eigenvalue weighted by atomic mass is 10.3. The van der Waals surface area contributed by atoms with Gasteiger partial charge in [0.15, 0.2) is 0 Å². The molecule has 1 amide bonds. The molecule has 14 heavy (non-hydrogen) atoms. The molecule has 76 valence electrons. The fourth-order valence-electron chi connectivity index (χ4n) is 0.988. The van der Waals surface area contributed by atoms with E-state index in [9.17, 15) is 4.79 Å². The number of carbonyl (C=O) groups excluding carboxylic acids is 1. The van der Waals surface area contributed by atoms with Crippen molar-refractivity contribution >= 4 is 5.91 Å². The summed E-state index contributed by atoms with van der Waals surface area (Å²) in [6.07, 6.45) is 1.56. The van der Waals surface area contributed by atoms with Gasteiger partial charge in [0.25, 0.3) is 5.91 Å². The third-order valence-corrected chi connectivity index (χ3v) is 1.67. The van der Waals surface area contributed by atoms with Gasteiger partial charge in [-0.25, -0.2) is 4.98 Å². The molecule has 0 saturated carbocycles. The zero-order chi connectivity index (χ0) is 10.6. The summed E-state index contributed by atoms with van der Waals surface area (Å²) >= 11 is 0. The van der Waals surface area contributed by atoms with Gasteiger partial charge in [0.2, 0.25) is 0 Å². The minimum absolute atomic E-state index is 0.104. The number of hydrogen-bond acceptors (Lipinski definition) is 3. The van der Waals surface area contributed by atoms with Crippen molar-refractivity contribution in [2.45, 2.75) is 6.92 Å². The molecule has 4 heteroatoms. The fourth-order valence-corrected chi connectivity index (χ4v) is 0.988. The van der Waals surface area contributed by atoms with Crippen molar-refractivity contribution in [1.29, 1.82) is 0 Å². The number of ether oxygens (including phenoxy) is 1. The third kappa shape index (κ3) is 2.45.